The molecule has 4 nitrogen and oxygen atoms in total. The molecule has 0 saturated heterocycles. The van der Waals surface area contributed by atoms with Crippen LogP contribution in [0.5, 0.6) is 5.75 Å². The third-order valence-corrected chi connectivity index (χ3v) is 3.41. The summed E-state index contributed by atoms with van der Waals surface area (Å²) >= 11 is 0. The van der Waals surface area contributed by atoms with Crippen molar-refractivity contribution in [2.45, 2.75) is 13.0 Å². The smallest absolute Gasteiger partial charge is 0.115 e. The lowest BCUT2D eigenvalue weighted by Gasteiger charge is -2.16. The molecule has 21 heavy (non-hydrogen) atoms. The van der Waals surface area contributed by atoms with Gasteiger partial charge in [-0.25, -0.2) is 4.68 Å². The van der Waals surface area contributed by atoms with Crippen LogP contribution in [0.3, 0.4) is 0 Å². The van der Waals surface area contributed by atoms with Gasteiger partial charge in [0.15, 0.2) is 0 Å². The van der Waals surface area contributed by atoms with Gasteiger partial charge in [-0.2, -0.15) is 5.10 Å². The first-order valence-corrected chi connectivity index (χ1v) is 6.88. The van der Waals surface area contributed by atoms with Gasteiger partial charge in [-0.3, -0.25) is 0 Å². The molecule has 3 rings (SSSR count). The molecule has 0 aliphatic carbocycles. The third kappa shape index (κ3) is 3.05. The molecule has 1 unspecified atom stereocenters. The van der Waals surface area contributed by atoms with Crippen LogP contribution in [0.1, 0.15) is 18.5 Å². The Balaban J connectivity index is 1.71. The van der Waals surface area contributed by atoms with E-state index in [0.717, 1.165) is 16.9 Å². The molecule has 1 atom stereocenters. The van der Waals surface area contributed by atoms with Crippen LogP contribution in [0.4, 0.5) is 5.69 Å². The first kappa shape index (κ1) is 13.2. The maximum atomic E-state index is 9.32. The van der Waals surface area contributed by atoms with Gasteiger partial charge >= 0.3 is 0 Å². The van der Waals surface area contributed by atoms with E-state index in [4.69, 9.17) is 0 Å². The standard InChI is InChI=1S/C17H17N3O/c1-13(14-3-9-17(21)10-4-14)19-15-5-7-16(8-6-15)20-12-2-11-18-20/h2-13,19,21H,1H3. The molecular formula is C17H17N3O. The van der Waals surface area contributed by atoms with Crippen LogP contribution in [0.25, 0.3) is 5.69 Å². The zero-order valence-corrected chi connectivity index (χ0v) is 11.8. The van der Waals surface area contributed by atoms with Crippen LogP contribution in [-0.4, -0.2) is 14.9 Å². The Bertz CT molecular complexity index is 688. The highest BCUT2D eigenvalue weighted by Crippen LogP contribution is 2.22. The number of nitrogens with zero attached hydrogens (tertiary/aromatic N) is 2. The molecule has 0 aliphatic rings. The highest BCUT2D eigenvalue weighted by atomic mass is 16.3. The Labute approximate surface area is 123 Å². The van der Waals surface area contributed by atoms with Gasteiger partial charge < -0.3 is 10.4 Å². The molecule has 2 aromatic carbocycles. The molecule has 1 heterocycles. The molecule has 106 valence electrons. The highest BCUT2D eigenvalue weighted by Gasteiger charge is 2.05. The average molecular weight is 279 g/mol. The van der Waals surface area contributed by atoms with Crippen LogP contribution in [0.2, 0.25) is 0 Å². The van der Waals surface area contributed by atoms with E-state index in [9.17, 15) is 5.11 Å². The van der Waals surface area contributed by atoms with Crippen molar-refractivity contribution in [1.82, 2.24) is 9.78 Å². The first-order valence-electron chi connectivity index (χ1n) is 6.88. The van der Waals surface area contributed by atoms with E-state index in [2.05, 4.69) is 17.3 Å². The van der Waals surface area contributed by atoms with E-state index < -0.39 is 0 Å². The number of hydrogen-bond acceptors (Lipinski definition) is 3. The molecule has 0 bridgehead atoms. The Morgan fingerprint density at radius 3 is 2.38 bits per heavy atom. The van der Waals surface area contributed by atoms with Crippen molar-refractivity contribution in [1.29, 1.82) is 0 Å². The van der Waals surface area contributed by atoms with Crippen molar-refractivity contribution in [3.8, 4) is 11.4 Å². The quantitative estimate of drug-likeness (QED) is 0.764. The molecule has 0 amide bonds. The zero-order valence-electron chi connectivity index (χ0n) is 11.8. The molecule has 0 aliphatic heterocycles. The Hall–Kier alpha value is -2.75. The average Bonchev–Trinajstić information content (AvgIpc) is 3.03. The summed E-state index contributed by atoms with van der Waals surface area (Å²) in [4.78, 5) is 0. The summed E-state index contributed by atoms with van der Waals surface area (Å²) in [5, 5.41) is 17.0. The molecule has 3 aromatic rings. The van der Waals surface area contributed by atoms with E-state index in [-0.39, 0.29) is 11.8 Å². The number of aromatic nitrogens is 2. The number of hydrogen-bond donors (Lipinski definition) is 2. The van der Waals surface area contributed by atoms with Gasteiger partial charge in [-0.05, 0) is 55.0 Å². The van der Waals surface area contributed by atoms with Crippen molar-refractivity contribution < 1.29 is 5.11 Å². The summed E-state index contributed by atoms with van der Waals surface area (Å²) in [5.41, 5.74) is 3.21. The predicted molar refractivity (Wildman–Crippen MR) is 83.7 cm³/mol. The Morgan fingerprint density at radius 2 is 1.76 bits per heavy atom. The summed E-state index contributed by atoms with van der Waals surface area (Å²) in [7, 11) is 0. The van der Waals surface area contributed by atoms with Gasteiger partial charge in [0.2, 0.25) is 0 Å². The number of nitrogens with one attached hydrogen (secondary N) is 1. The van der Waals surface area contributed by atoms with Gasteiger partial charge in [0.1, 0.15) is 5.75 Å². The maximum Gasteiger partial charge on any atom is 0.115 e. The van der Waals surface area contributed by atoms with E-state index >= 15 is 0 Å². The lowest BCUT2D eigenvalue weighted by Crippen LogP contribution is -2.06. The lowest BCUT2D eigenvalue weighted by atomic mass is 10.1. The number of phenols is 1. The van der Waals surface area contributed by atoms with Crippen molar-refractivity contribution in [3.63, 3.8) is 0 Å². The highest BCUT2D eigenvalue weighted by molar-refractivity contribution is 5.50. The van der Waals surface area contributed by atoms with Crippen LogP contribution < -0.4 is 5.32 Å². The van der Waals surface area contributed by atoms with Crippen molar-refractivity contribution in [2.24, 2.45) is 0 Å². The number of anilines is 1. The minimum absolute atomic E-state index is 0.168. The second kappa shape index (κ2) is 5.71. The van der Waals surface area contributed by atoms with Crippen LogP contribution in [0.15, 0.2) is 67.0 Å². The molecule has 1 aromatic heterocycles. The van der Waals surface area contributed by atoms with Crippen molar-refractivity contribution in [3.05, 3.63) is 72.6 Å². The summed E-state index contributed by atoms with van der Waals surface area (Å²) in [5.74, 6) is 0.287. The summed E-state index contributed by atoms with van der Waals surface area (Å²) in [6.45, 7) is 2.09. The van der Waals surface area contributed by atoms with Gasteiger partial charge in [0.05, 0.1) is 5.69 Å². The molecule has 0 radical (unpaired) electrons. The van der Waals surface area contributed by atoms with Gasteiger partial charge in [0, 0.05) is 24.1 Å². The van der Waals surface area contributed by atoms with E-state index in [1.165, 1.54) is 0 Å². The number of benzene rings is 2. The topological polar surface area (TPSA) is 50.1 Å². The SMILES string of the molecule is CC(Nc1ccc(-n2cccn2)cc1)c1ccc(O)cc1. The van der Waals surface area contributed by atoms with Crippen molar-refractivity contribution in [2.75, 3.05) is 5.32 Å². The predicted octanol–water partition coefficient (Wildman–Crippen LogP) is 3.75. The summed E-state index contributed by atoms with van der Waals surface area (Å²) in [6.07, 6.45) is 3.68. The maximum absolute atomic E-state index is 9.32. The normalized spacial score (nSPS) is 12.0. The monoisotopic (exact) mass is 279 g/mol. The van der Waals surface area contributed by atoms with Gasteiger partial charge in [-0.1, -0.05) is 12.1 Å². The molecule has 0 spiro atoms. The van der Waals surface area contributed by atoms with Gasteiger partial charge in [0.25, 0.3) is 0 Å². The fraction of sp³-hybridized carbons (Fsp3) is 0.118. The second-order valence-electron chi connectivity index (χ2n) is 4.96. The number of aromatic hydroxyl groups is 1. The van der Waals surface area contributed by atoms with Crippen LogP contribution in [-0.2, 0) is 0 Å². The Morgan fingerprint density at radius 1 is 1.05 bits per heavy atom. The summed E-state index contributed by atoms with van der Waals surface area (Å²) < 4.78 is 1.83. The second-order valence-corrected chi connectivity index (χ2v) is 4.96. The van der Waals surface area contributed by atoms with Gasteiger partial charge in [-0.15, -0.1) is 0 Å². The Kier molecular flexibility index (Phi) is 3.60. The van der Waals surface area contributed by atoms with Crippen LogP contribution in [0, 0.1) is 0 Å². The number of rotatable bonds is 4. The number of phenolic OH excluding ortho intramolecular Hbond substituents is 1. The fourth-order valence-electron chi connectivity index (χ4n) is 2.23. The molecule has 0 saturated carbocycles. The van der Waals surface area contributed by atoms with Crippen LogP contribution >= 0.6 is 0 Å². The molecule has 4 heteroatoms. The van der Waals surface area contributed by atoms with Crippen molar-refractivity contribution >= 4 is 5.69 Å². The van der Waals surface area contributed by atoms with E-state index in [1.54, 1.807) is 18.3 Å². The zero-order chi connectivity index (χ0) is 14.7. The molecule has 2 N–H and O–H groups in total. The van der Waals surface area contributed by atoms with E-state index in [0.29, 0.717) is 0 Å². The first-order chi connectivity index (χ1) is 10.2. The largest absolute Gasteiger partial charge is 0.508 e. The molecular weight excluding hydrogens is 262 g/mol. The fourth-order valence-corrected chi connectivity index (χ4v) is 2.23. The molecule has 0 fully saturated rings. The summed E-state index contributed by atoms with van der Waals surface area (Å²) in [6, 6.07) is 17.4. The third-order valence-electron chi connectivity index (χ3n) is 3.41. The van der Waals surface area contributed by atoms with E-state index in [1.807, 2.05) is 53.3 Å². The minimum atomic E-state index is 0.168. The lowest BCUT2D eigenvalue weighted by molar-refractivity contribution is 0.475. The minimum Gasteiger partial charge on any atom is -0.508 e.